The van der Waals surface area contributed by atoms with E-state index in [-0.39, 0.29) is 11.9 Å². The van der Waals surface area contributed by atoms with Crippen LogP contribution in [0.2, 0.25) is 0 Å². The van der Waals surface area contributed by atoms with Crippen LogP contribution in [0, 0.1) is 5.92 Å². The van der Waals surface area contributed by atoms with Gasteiger partial charge in [-0.1, -0.05) is 37.3 Å². The molecule has 1 rings (SSSR count). The monoisotopic (exact) mass is 264 g/mol. The van der Waals surface area contributed by atoms with Crippen LogP contribution in [-0.4, -0.2) is 23.0 Å². The van der Waals surface area contributed by atoms with Crippen molar-refractivity contribution in [2.75, 3.05) is 0 Å². The molecule has 1 amide bonds. The molecule has 1 aromatic carbocycles. The van der Waals surface area contributed by atoms with Gasteiger partial charge in [-0.3, -0.25) is 4.79 Å². The van der Waals surface area contributed by atoms with E-state index in [9.17, 15) is 14.7 Å². The van der Waals surface area contributed by atoms with E-state index in [0.717, 1.165) is 0 Å². The summed E-state index contributed by atoms with van der Waals surface area (Å²) < 4.78 is 0. The Kier molecular flexibility index (Phi) is 4.67. The molecule has 1 aromatic rings. The largest absolute Gasteiger partial charge is 0.479 e. The van der Waals surface area contributed by atoms with Gasteiger partial charge < -0.3 is 16.2 Å². The number of aliphatic carboxylic acids is 1. The molecule has 3 atom stereocenters. The molecule has 0 fully saturated rings. The number of carboxylic acid groups (broad SMARTS) is 1. The zero-order valence-electron chi connectivity index (χ0n) is 11.4. The van der Waals surface area contributed by atoms with E-state index in [4.69, 9.17) is 5.73 Å². The van der Waals surface area contributed by atoms with Gasteiger partial charge in [-0.25, -0.2) is 4.79 Å². The fourth-order valence-electron chi connectivity index (χ4n) is 1.62. The zero-order valence-corrected chi connectivity index (χ0v) is 11.4. The van der Waals surface area contributed by atoms with E-state index in [2.05, 4.69) is 5.32 Å². The lowest BCUT2D eigenvalue weighted by molar-refractivity contribution is -0.148. The minimum Gasteiger partial charge on any atom is -0.479 e. The fourth-order valence-corrected chi connectivity index (χ4v) is 1.62. The summed E-state index contributed by atoms with van der Waals surface area (Å²) in [7, 11) is 0. The van der Waals surface area contributed by atoms with Crippen molar-refractivity contribution in [3.8, 4) is 0 Å². The molecule has 0 bridgehead atoms. The second-order valence-electron chi connectivity index (χ2n) is 4.93. The molecule has 0 saturated heterocycles. The van der Waals surface area contributed by atoms with Crippen LogP contribution < -0.4 is 11.1 Å². The Balaban J connectivity index is 3.03. The summed E-state index contributed by atoms with van der Waals surface area (Å²) in [4.78, 5) is 23.5. The Morgan fingerprint density at radius 3 is 2.21 bits per heavy atom. The average molecular weight is 264 g/mol. The molecule has 0 aliphatic carbocycles. The van der Waals surface area contributed by atoms with Crippen LogP contribution in [-0.2, 0) is 15.1 Å². The van der Waals surface area contributed by atoms with E-state index < -0.39 is 17.4 Å². The van der Waals surface area contributed by atoms with Gasteiger partial charge in [-0.05, 0) is 19.4 Å². The molecule has 4 N–H and O–H groups in total. The molecule has 3 unspecified atom stereocenters. The Hall–Kier alpha value is -1.88. The number of carbonyl (C=O) groups is 2. The molecule has 0 aromatic heterocycles. The Morgan fingerprint density at radius 2 is 1.79 bits per heavy atom. The van der Waals surface area contributed by atoms with E-state index in [1.165, 1.54) is 6.92 Å². The van der Waals surface area contributed by atoms with Gasteiger partial charge in [0.05, 0.1) is 0 Å². The minimum atomic E-state index is -1.46. The predicted molar refractivity (Wildman–Crippen MR) is 72.4 cm³/mol. The number of carboxylic acids is 1. The summed E-state index contributed by atoms with van der Waals surface area (Å²) in [5.74, 6) is -1.94. The SMILES string of the molecule is CC(N)C(C)C(=O)NC(C)(C(=O)O)c1ccccc1. The summed E-state index contributed by atoms with van der Waals surface area (Å²) in [6.45, 7) is 4.86. The highest BCUT2D eigenvalue weighted by atomic mass is 16.4. The minimum absolute atomic E-state index is 0.339. The topological polar surface area (TPSA) is 92.4 Å². The second kappa shape index (κ2) is 5.84. The Morgan fingerprint density at radius 1 is 1.26 bits per heavy atom. The summed E-state index contributed by atoms with van der Waals surface area (Å²) in [6.07, 6.45) is 0. The molecule has 5 heteroatoms. The highest BCUT2D eigenvalue weighted by Gasteiger charge is 2.38. The first-order valence-electron chi connectivity index (χ1n) is 6.15. The van der Waals surface area contributed by atoms with Crippen LogP contribution in [0.1, 0.15) is 26.3 Å². The molecule has 19 heavy (non-hydrogen) atoms. The third kappa shape index (κ3) is 3.32. The van der Waals surface area contributed by atoms with Crippen molar-refractivity contribution in [3.05, 3.63) is 35.9 Å². The van der Waals surface area contributed by atoms with Crippen molar-refractivity contribution in [3.63, 3.8) is 0 Å². The normalized spacial score (nSPS) is 17.1. The average Bonchev–Trinajstić information content (AvgIpc) is 2.38. The lowest BCUT2D eigenvalue weighted by atomic mass is 9.90. The van der Waals surface area contributed by atoms with Crippen LogP contribution in [0.4, 0.5) is 0 Å². The molecule has 0 saturated carbocycles. The van der Waals surface area contributed by atoms with Crippen molar-refractivity contribution in [2.24, 2.45) is 11.7 Å². The van der Waals surface area contributed by atoms with Crippen LogP contribution in [0.15, 0.2) is 30.3 Å². The third-order valence-corrected chi connectivity index (χ3v) is 3.35. The zero-order chi connectivity index (χ0) is 14.6. The summed E-state index contributed by atoms with van der Waals surface area (Å²) in [6, 6.07) is 8.26. The van der Waals surface area contributed by atoms with Gasteiger partial charge in [0, 0.05) is 12.0 Å². The molecular formula is C14H20N2O3. The number of hydrogen-bond acceptors (Lipinski definition) is 3. The highest BCUT2D eigenvalue weighted by molar-refractivity contribution is 5.88. The predicted octanol–water partition coefficient (Wildman–Crippen LogP) is 1.09. The van der Waals surface area contributed by atoms with Crippen molar-refractivity contribution in [2.45, 2.75) is 32.4 Å². The van der Waals surface area contributed by atoms with Gasteiger partial charge in [0.15, 0.2) is 5.54 Å². The standard InChI is InChI=1S/C14H20N2O3/c1-9(10(2)15)12(17)16-14(3,13(18)19)11-7-5-4-6-8-11/h4-10H,15H2,1-3H3,(H,16,17)(H,18,19). The molecule has 0 spiro atoms. The Bertz CT molecular complexity index is 459. The maximum Gasteiger partial charge on any atom is 0.333 e. The maximum absolute atomic E-state index is 12.0. The quantitative estimate of drug-likeness (QED) is 0.742. The lowest BCUT2D eigenvalue weighted by Crippen LogP contribution is -2.52. The number of amides is 1. The number of nitrogens with one attached hydrogen (secondary N) is 1. The first kappa shape index (κ1) is 15.2. The molecular weight excluding hydrogens is 244 g/mol. The van der Waals surface area contributed by atoms with Crippen LogP contribution in [0.25, 0.3) is 0 Å². The number of nitrogens with two attached hydrogens (primary N) is 1. The number of benzene rings is 1. The van der Waals surface area contributed by atoms with Gasteiger partial charge in [-0.2, -0.15) is 0 Å². The van der Waals surface area contributed by atoms with Crippen LogP contribution >= 0.6 is 0 Å². The molecule has 0 radical (unpaired) electrons. The van der Waals surface area contributed by atoms with Crippen LogP contribution in [0.5, 0.6) is 0 Å². The molecule has 0 aliphatic heterocycles. The molecule has 0 heterocycles. The second-order valence-corrected chi connectivity index (χ2v) is 4.93. The molecule has 104 valence electrons. The fraction of sp³-hybridized carbons (Fsp3) is 0.429. The first-order valence-corrected chi connectivity index (χ1v) is 6.15. The van der Waals surface area contributed by atoms with Crippen molar-refractivity contribution < 1.29 is 14.7 Å². The summed E-state index contributed by atoms with van der Waals surface area (Å²) in [5.41, 5.74) is 4.73. The summed E-state index contributed by atoms with van der Waals surface area (Å²) >= 11 is 0. The van der Waals surface area contributed by atoms with Crippen molar-refractivity contribution in [1.29, 1.82) is 0 Å². The van der Waals surface area contributed by atoms with Gasteiger partial charge in [0.25, 0.3) is 0 Å². The summed E-state index contributed by atoms with van der Waals surface area (Å²) in [5, 5.41) is 12.0. The third-order valence-electron chi connectivity index (χ3n) is 3.35. The van der Waals surface area contributed by atoms with Crippen molar-refractivity contribution >= 4 is 11.9 Å². The lowest BCUT2D eigenvalue weighted by Gasteiger charge is -2.29. The number of carbonyl (C=O) groups excluding carboxylic acids is 1. The Labute approximate surface area is 112 Å². The van der Waals surface area contributed by atoms with E-state index in [1.807, 2.05) is 0 Å². The van der Waals surface area contributed by atoms with E-state index in [0.29, 0.717) is 5.56 Å². The molecule has 5 nitrogen and oxygen atoms in total. The number of hydrogen-bond donors (Lipinski definition) is 3. The van der Waals surface area contributed by atoms with Gasteiger partial charge in [0.2, 0.25) is 5.91 Å². The van der Waals surface area contributed by atoms with E-state index >= 15 is 0 Å². The number of rotatable bonds is 5. The van der Waals surface area contributed by atoms with Gasteiger partial charge in [0.1, 0.15) is 0 Å². The molecule has 0 aliphatic rings. The highest BCUT2D eigenvalue weighted by Crippen LogP contribution is 2.21. The van der Waals surface area contributed by atoms with Gasteiger partial charge >= 0.3 is 5.97 Å². The van der Waals surface area contributed by atoms with Crippen LogP contribution in [0.3, 0.4) is 0 Å². The van der Waals surface area contributed by atoms with E-state index in [1.54, 1.807) is 44.2 Å². The first-order chi connectivity index (χ1) is 8.79. The van der Waals surface area contributed by atoms with Crippen molar-refractivity contribution in [1.82, 2.24) is 5.32 Å². The smallest absolute Gasteiger partial charge is 0.333 e. The van der Waals surface area contributed by atoms with Gasteiger partial charge in [-0.15, -0.1) is 0 Å². The maximum atomic E-state index is 12.0.